The topological polar surface area (TPSA) is 24.7 Å². The number of rotatable bonds is 4. The largest absolute Gasteiger partial charge is 0.286 e. The molecule has 0 heterocycles. The van der Waals surface area contributed by atoms with E-state index in [4.69, 9.17) is 0 Å². The van der Waals surface area contributed by atoms with Gasteiger partial charge in [0.1, 0.15) is 0 Å². The molecule has 0 aliphatic heterocycles. The van der Waals surface area contributed by atoms with Gasteiger partial charge in [0.15, 0.2) is 0 Å². The van der Waals surface area contributed by atoms with Crippen molar-refractivity contribution >= 4 is 11.4 Å². The van der Waals surface area contributed by atoms with Crippen molar-refractivity contribution in [2.75, 3.05) is 14.1 Å². The molecular weight excluding hydrogens is 400 g/mol. The zero-order valence-corrected chi connectivity index (χ0v) is 24.3. The third-order valence-corrected chi connectivity index (χ3v) is 5.55. The molecule has 1 aliphatic rings. The molecule has 0 saturated heterocycles. The fourth-order valence-corrected chi connectivity index (χ4v) is 3.27. The summed E-state index contributed by atoms with van der Waals surface area (Å²) in [6.45, 7) is 28.4. The molecule has 0 radical (unpaired) electrons. The van der Waals surface area contributed by atoms with Gasteiger partial charge in [-0.05, 0) is 74.7 Å². The maximum absolute atomic E-state index is 4.66. The standard InChI is InChI=1S/C26H38N2.C5H12/c1-12-13-14-17(2)22-20(5)21(6)23(25(28-11)24(22)27-10)18(3)15-16-19(4)26(7,8)9;1-5(2,3)4/h12-16H,1-11H3;1-4H3/b13-12-,17-14+,18-15+,19-16+,27-24?,28-25?;. The van der Waals surface area contributed by atoms with E-state index in [-0.39, 0.29) is 5.41 Å². The number of allylic oxidation sites excluding steroid dienone is 12. The van der Waals surface area contributed by atoms with Crippen LogP contribution in [0.5, 0.6) is 0 Å². The van der Waals surface area contributed by atoms with Crippen molar-refractivity contribution in [2.45, 2.75) is 90.0 Å². The maximum atomic E-state index is 4.66. The number of aliphatic imine (C=N–C) groups is 2. The van der Waals surface area contributed by atoms with Gasteiger partial charge in [0.05, 0.1) is 11.4 Å². The smallest absolute Gasteiger partial charge is 0.0906 e. The average molecular weight is 451 g/mol. The van der Waals surface area contributed by atoms with Crippen LogP contribution in [0.25, 0.3) is 0 Å². The molecule has 184 valence electrons. The Bertz CT molecular complexity index is 932. The first-order chi connectivity index (χ1) is 15.0. The summed E-state index contributed by atoms with van der Waals surface area (Å²) in [7, 11) is 3.72. The number of nitrogens with zero attached hydrogens (tertiary/aromatic N) is 2. The summed E-state index contributed by atoms with van der Waals surface area (Å²) in [6.07, 6.45) is 10.7. The minimum absolute atomic E-state index is 0.169. The lowest BCUT2D eigenvalue weighted by Crippen LogP contribution is -2.27. The first kappa shape index (κ1) is 30.8. The predicted molar refractivity (Wildman–Crippen MR) is 153 cm³/mol. The lowest BCUT2D eigenvalue weighted by molar-refractivity contribution is 0.469. The van der Waals surface area contributed by atoms with Gasteiger partial charge in [-0.15, -0.1) is 0 Å². The van der Waals surface area contributed by atoms with Crippen molar-refractivity contribution in [3.8, 4) is 0 Å². The highest BCUT2D eigenvalue weighted by molar-refractivity contribution is 6.56. The molecule has 0 fully saturated rings. The molecular formula is C31H50N2. The van der Waals surface area contributed by atoms with Gasteiger partial charge in [-0.25, -0.2) is 0 Å². The molecule has 0 amide bonds. The molecule has 0 spiro atoms. The van der Waals surface area contributed by atoms with Crippen LogP contribution >= 0.6 is 0 Å². The molecule has 1 rings (SSSR count). The molecule has 0 bridgehead atoms. The van der Waals surface area contributed by atoms with Crippen molar-refractivity contribution in [1.29, 1.82) is 0 Å². The minimum Gasteiger partial charge on any atom is -0.286 e. The lowest BCUT2D eigenvalue weighted by atomic mass is 9.78. The first-order valence-electron chi connectivity index (χ1n) is 12.0. The van der Waals surface area contributed by atoms with Gasteiger partial charge < -0.3 is 0 Å². The Balaban J connectivity index is 0.00000184. The van der Waals surface area contributed by atoms with E-state index in [9.17, 15) is 0 Å². The van der Waals surface area contributed by atoms with Gasteiger partial charge in [-0.2, -0.15) is 0 Å². The van der Waals surface area contributed by atoms with E-state index < -0.39 is 0 Å². The minimum atomic E-state index is 0.169. The average Bonchev–Trinajstić information content (AvgIpc) is 2.69. The third kappa shape index (κ3) is 9.66. The Morgan fingerprint density at radius 1 is 0.667 bits per heavy atom. The maximum Gasteiger partial charge on any atom is 0.0906 e. The fourth-order valence-electron chi connectivity index (χ4n) is 3.27. The summed E-state index contributed by atoms with van der Waals surface area (Å²) in [4.78, 5) is 9.31. The summed E-state index contributed by atoms with van der Waals surface area (Å²) in [6, 6.07) is 0. The summed E-state index contributed by atoms with van der Waals surface area (Å²) in [5, 5.41) is 0. The fraction of sp³-hybridized carbons (Fsp3) is 0.548. The summed E-state index contributed by atoms with van der Waals surface area (Å²) < 4.78 is 0. The summed E-state index contributed by atoms with van der Waals surface area (Å²) in [5.74, 6) is 0. The van der Waals surface area contributed by atoms with Crippen molar-refractivity contribution in [3.05, 3.63) is 69.4 Å². The Kier molecular flexibility index (Phi) is 12.0. The quantitative estimate of drug-likeness (QED) is 0.301. The second-order valence-corrected chi connectivity index (χ2v) is 11.5. The van der Waals surface area contributed by atoms with E-state index in [0.29, 0.717) is 5.41 Å². The van der Waals surface area contributed by atoms with Crippen molar-refractivity contribution in [1.82, 2.24) is 0 Å². The molecule has 0 unspecified atom stereocenters. The van der Waals surface area contributed by atoms with E-state index in [1.165, 1.54) is 39.0 Å². The monoisotopic (exact) mass is 450 g/mol. The molecule has 0 aromatic rings. The SMILES string of the molecule is C/C=C\C=C(/C)C1=C(C)C(C)=C(/C(C)=C/C=C(\C)C(C)(C)C)C(=NC)C1=NC.CC(C)(C)C. The Hall–Kier alpha value is -2.22. The van der Waals surface area contributed by atoms with E-state index in [0.717, 1.165) is 11.4 Å². The highest BCUT2D eigenvalue weighted by Gasteiger charge is 2.28. The lowest BCUT2D eigenvalue weighted by Gasteiger charge is -2.27. The van der Waals surface area contributed by atoms with Crippen LogP contribution in [0, 0.1) is 10.8 Å². The van der Waals surface area contributed by atoms with E-state index in [2.05, 4.69) is 117 Å². The molecule has 0 aromatic heterocycles. The van der Waals surface area contributed by atoms with Crippen LogP contribution in [0.15, 0.2) is 79.4 Å². The van der Waals surface area contributed by atoms with Crippen LogP contribution in [0.2, 0.25) is 0 Å². The molecule has 0 atom stereocenters. The second-order valence-electron chi connectivity index (χ2n) is 11.5. The third-order valence-electron chi connectivity index (χ3n) is 5.55. The zero-order chi connectivity index (χ0) is 26.1. The van der Waals surface area contributed by atoms with Gasteiger partial charge in [-0.1, -0.05) is 84.4 Å². The van der Waals surface area contributed by atoms with Crippen LogP contribution < -0.4 is 0 Å². The molecule has 33 heavy (non-hydrogen) atoms. The summed E-state index contributed by atoms with van der Waals surface area (Å²) in [5.41, 5.74) is 11.3. The first-order valence-corrected chi connectivity index (χ1v) is 12.0. The normalized spacial score (nSPS) is 19.7. The van der Waals surface area contributed by atoms with Crippen molar-refractivity contribution < 1.29 is 0 Å². The van der Waals surface area contributed by atoms with Gasteiger partial charge in [0, 0.05) is 25.2 Å². The second kappa shape index (κ2) is 12.9. The van der Waals surface area contributed by atoms with E-state index in [1.807, 2.05) is 27.1 Å². The molecule has 2 nitrogen and oxygen atoms in total. The Morgan fingerprint density at radius 3 is 1.33 bits per heavy atom. The van der Waals surface area contributed by atoms with Crippen LogP contribution in [-0.4, -0.2) is 25.5 Å². The number of hydrogen-bond donors (Lipinski definition) is 0. The van der Waals surface area contributed by atoms with E-state index in [1.54, 1.807) is 0 Å². The van der Waals surface area contributed by atoms with Gasteiger partial charge in [0.25, 0.3) is 0 Å². The molecule has 2 heteroatoms. The highest BCUT2D eigenvalue weighted by Crippen LogP contribution is 2.34. The molecule has 0 N–H and O–H groups in total. The van der Waals surface area contributed by atoms with Crippen LogP contribution in [0.3, 0.4) is 0 Å². The Labute approximate surface area is 205 Å². The van der Waals surface area contributed by atoms with Crippen LogP contribution in [0.4, 0.5) is 0 Å². The highest BCUT2D eigenvalue weighted by atomic mass is 14.8. The zero-order valence-electron chi connectivity index (χ0n) is 24.3. The van der Waals surface area contributed by atoms with Gasteiger partial charge >= 0.3 is 0 Å². The Morgan fingerprint density at radius 2 is 1.03 bits per heavy atom. The van der Waals surface area contributed by atoms with Crippen LogP contribution in [0.1, 0.15) is 90.0 Å². The van der Waals surface area contributed by atoms with Gasteiger partial charge in [0.2, 0.25) is 0 Å². The molecule has 1 aliphatic carbocycles. The summed E-state index contributed by atoms with van der Waals surface area (Å²) >= 11 is 0. The van der Waals surface area contributed by atoms with E-state index >= 15 is 0 Å². The van der Waals surface area contributed by atoms with Gasteiger partial charge in [-0.3, -0.25) is 9.98 Å². The molecule has 0 aromatic carbocycles. The number of hydrogen-bond acceptors (Lipinski definition) is 2. The van der Waals surface area contributed by atoms with Crippen molar-refractivity contribution in [3.63, 3.8) is 0 Å². The molecule has 0 saturated carbocycles. The van der Waals surface area contributed by atoms with Crippen LogP contribution in [-0.2, 0) is 0 Å². The predicted octanol–water partition coefficient (Wildman–Crippen LogP) is 9.29. The van der Waals surface area contributed by atoms with Crippen molar-refractivity contribution in [2.24, 2.45) is 20.8 Å².